The number of carbonyl (C=O) groups excluding carboxylic acids is 1. The monoisotopic (exact) mass is 397 g/mol. The van der Waals surface area contributed by atoms with Crippen molar-refractivity contribution in [1.82, 2.24) is 14.9 Å². The number of piperazine rings is 1. The van der Waals surface area contributed by atoms with Crippen LogP contribution in [0.3, 0.4) is 0 Å². The molecular formula is C21H27N5O3. The highest BCUT2D eigenvalue weighted by Gasteiger charge is 2.23. The van der Waals surface area contributed by atoms with Gasteiger partial charge in [-0.25, -0.2) is 4.98 Å². The minimum Gasteiger partial charge on any atom is -0.484 e. The molecule has 8 nitrogen and oxygen atoms in total. The maximum Gasteiger partial charge on any atom is 0.260 e. The summed E-state index contributed by atoms with van der Waals surface area (Å²) in [6.45, 7) is 7.90. The van der Waals surface area contributed by atoms with E-state index in [4.69, 9.17) is 14.5 Å². The van der Waals surface area contributed by atoms with Gasteiger partial charge >= 0.3 is 0 Å². The number of aryl methyl sites for hydroxylation is 1. The summed E-state index contributed by atoms with van der Waals surface area (Å²) in [5.41, 5.74) is 1.03. The van der Waals surface area contributed by atoms with Crippen LogP contribution in [0.4, 0.5) is 11.8 Å². The third-order valence-corrected chi connectivity index (χ3v) is 5.32. The van der Waals surface area contributed by atoms with Crippen LogP contribution in [0.5, 0.6) is 5.75 Å². The Morgan fingerprint density at radius 2 is 1.79 bits per heavy atom. The highest BCUT2D eigenvalue weighted by Crippen LogP contribution is 2.19. The van der Waals surface area contributed by atoms with Gasteiger partial charge in [0.2, 0.25) is 5.95 Å². The molecule has 0 atom stereocenters. The molecule has 0 radical (unpaired) electrons. The maximum atomic E-state index is 12.5. The Kier molecular flexibility index (Phi) is 6.09. The lowest BCUT2D eigenvalue weighted by Gasteiger charge is -2.35. The van der Waals surface area contributed by atoms with Crippen LogP contribution in [0.25, 0.3) is 0 Å². The molecule has 2 aliphatic rings. The normalized spacial score (nSPS) is 17.3. The molecule has 2 aliphatic heterocycles. The first-order valence-electron chi connectivity index (χ1n) is 10.1. The van der Waals surface area contributed by atoms with Gasteiger partial charge < -0.3 is 24.2 Å². The van der Waals surface area contributed by atoms with Crippen LogP contribution in [0, 0.1) is 6.92 Å². The van der Waals surface area contributed by atoms with E-state index < -0.39 is 0 Å². The molecule has 4 rings (SSSR count). The van der Waals surface area contributed by atoms with E-state index in [1.54, 1.807) is 6.20 Å². The fourth-order valence-corrected chi connectivity index (χ4v) is 3.57. The topological polar surface area (TPSA) is 71.0 Å². The minimum absolute atomic E-state index is 0.0181. The van der Waals surface area contributed by atoms with Crippen LogP contribution in [-0.4, -0.2) is 79.9 Å². The highest BCUT2D eigenvalue weighted by atomic mass is 16.5. The molecule has 0 spiro atoms. The van der Waals surface area contributed by atoms with Gasteiger partial charge in [0.25, 0.3) is 5.91 Å². The molecule has 0 aliphatic carbocycles. The van der Waals surface area contributed by atoms with Gasteiger partial charge in [0.1, 0.15) is 11.6 Å². The second-order valence-electron chi connectivity index (χ2n) is 7.24. The van der Waals surface area contributed by atoms with E-state index in [1.807, 2.05) is 42.2 Å². The second-order valence-corrected chi connectivity index (χ2v) is 7.24. The third kappa shape index (κ3) is 4.76. The van der Waals surface area contributed by atoms with Gasteiger partial charge in [0.15, 0.2) is 6.61 Å². The van der Waals surface area contributed by atoms with Crippen LogP contribution in [-0.2, 0) is 9.53 Å². The van der Waals surface area contributed by atoms with E-state index in [2.05, 4.69) is 14.8 Å². The second kappa shape index (κ2) is 9.09. The summed E-state index contributed by atoms with van der Waals surface area (Å²) in [5.74, 6) is 2.43. The van der Waals surface area contributed by atoms with Crippen molar-refractivity contribution in [2.45, 2.75) is 6.92 Å². The number of rotatable bonds is 5. The van der Waals surface area contributed by atoms with Crippen molar-refractivity contribution in [2.24, 2.45) is 0 Å². The molecule has 2 saturated heterocycles. The number of amides is 1. The minimum atomic E-state index is 0.0181. The molecule has 29 heavy (non-hydrogen) atoms. The molecule has 1 amide bonds. The number of ether oxygens (including phenoxy) is 2. The van der Waals surface area contributed by atoms with E-state index in [1.165, 1.54) is 0 Å². The van der Waals surface area contributed by atoms with Gasteiger partial charge in [0, 0.05) is 45.5 Å². The summed E-state index contributed by atoms with van der Waals surface area (Å²) in [5, 5.41) is 0. The first-order valence-corrected chi connectivity index (χ1v) is 10.1. The number of aromatic nitrogens is 2. The molecule has 1 aromatic carbocycles. The standard InChI is InChI=1S/C21H27N5O3/c1-17-4-2-3-5-18(17)29-16-20(27)25-10-8-24(9-11-25)19-6-7-22-21(23-19)26-12-14-28-15-13-26/h2-7H,8-16H2,1H3. The fraction of sp³-hybridized carbons (Fsp3) is 0.476. The highest BCUT2D eigenvalue weighted by molar-refractivity contribution is 5.78. The first kappa shape index (κ1) is 19.4. The Bertz CT molecular complexity index is 833. The lowest BCUT2D eigenvalue weighted by atomic mass is 10.2. The van der Waals surface area contributed by atoms with Crippen LogP contribution in [0.1, 0.15) is 5.56 Å². The van der Waals surface area contributed by atoms with E-state index in [0.717, 1.165) is 49.3 Å². The Labute approximate surface area is 171 Å². The number of hydrogen-bond donors (Lipinski definition) is 0. The van der Waals surface area contributed by atoms with Crippen molar-refractivity contribution in [2.75, 3.05) is 68.9 Å². The molecule has 0 saturated carbocycles. The number of nitrogens with zero attached hydrogens (tertiary/aromatic N) is 5. The summed E-state index contributed by atoms with van der Waals surface area (Å²) in [6, 6.07) is 9.68. The molecule has 1 aromatic heterocycles. The summed E-state index contributed by atoms with van der Waals surface area (Å²) in [7, 11) is 0. The molecule has 0 N–H and O–H groups in total. The fourth-order valence-electron chi connectivity index (χ4n) is 3.57. The van der Waals surface area contributed by atoms with Crippen molar-refractivity contribution in [1.29, 1.82) is 0 Å². The van der Waals surface area contributed by atoms with Crippen LogP contribution in [0.2, 0.25) is 0 Å². The number of benzene rings is 1. The van der Waals surface area contributed by atoms with Gasteiger partial charge in [-0.3, -0.25) is 4.79 Å². The van der Waals surface area contributed by atoms with Crippen LogP contribution >= 0.6 is 0 Å². The van der Waals surface area contributed by atoms with E-state index >= 15 is 0 Å². The molecule has 154 valence electrons. The molecular weight excluding hydrogens is 370 g/mol. The average Bonchev–Trinajstić information content (AvgIpc) is 2.79. The van der Waals surface area contributed by atoms with Crippen molar-refractivity contribution in [3.05, 3.63) is 42.1 Å². The smallest absolute Gasteiger partial charge is 0.260 e. The molecule has 0 unspecified atom stereocenters. The lowest BCUT2D eigenvalue weighted by molar-refractivity contribution is -0.133. The van der Waals surface area contributed by atoms with E-state index in [0.29, 0.717) is 26.3 Å². The van der Waals surface area contributed by atoms with Crippen molar-refractivity contribution < 1.29 is 14.3 Å². The van der Waals surface area contributed by atoms with Crippen molar-refractivity contribution >= 4 is 17.7 Å². The third-order valence-electron chi connectivity index (χ3n) is 5.32. The first-order chi connectivity index (χ1) is 14.2. The summed E-state index contributed by atoms with van der Waals surface area (Å²) in [4.78, 5) is 27.9. The predicted molar refractivity (Wildman–Crippen MR) is 111 cm³/mol. The summed E-state index contributed by atoms with van der Waals surface area (Å²) >= 11 is 0. The zero-order valence-electron chi connectivity index (χ0n) is 16.8. The van der Waals surface area contributed by atoms with Gasteiger partial charge in [-0.05, 0) is 24.6 Å². The number of hydrogen-bond acceptors (Lipinski definition) is 7. The van der Waals surface area contributed by atoms with Gasteiger partial charge in [-0.2, -0.15) is 4.98 Å². The maximum absolute atomic E-state index is 12.5. The number of para-hydroxylation sites is 1. The molecule has 2 fully saturated rings. The molecule has 3 heterocycles. The van der Waals surface area contributed by atoms with Crippen molar-refractivity contribution in [3.63, 3.8) is 0 Å². The quantitative estimate of drug-likeness (QED) is 0.754. The Balaban J connectivity index is 1.30. The van der Waals surface area contributed by atoms with Crippen molar-refractivity contribution in [3.8, 4) is 5.75 Å². The molecule has 0 bridgehead atoms. The zero-order valence-corrected chi connectivity index (χ0v) is 16.8. The largest absolute Gasteiger partial charge is 0.484 e. The van der Waals surface area contributed by atoms with Crippen LogP contribution < -0.4 is 14.5 Å². The van der Waals surface area contributed by atoms with Gasteiger partial charge in [-0.15, -0.1) is 0 Å². The SMILES string of the molecule is Cc1ccccc1OCC(=O)N1CCN(c2ccnc(N3CCOCC3)n2)CC1. The Hall–Kier alpha value is -2.87. The van der Waals surface area contributed by atoms with E-state index in [-0.39, 0.29) is 12.5 Å². The molecule has 8 heteroatoms. The predicted octanol–water partition coefficient (Wildman–Crippen LogP) is 1.35. The summed E-state index contributed by atoms with van der Waals surface area (Å²) in [6.07, 6.45) is 1.81. The zero-order chi connectivity index (χ0) is 20.1. The molecule has 2 aromatic rings. The Morgan fingerprint density at radius 3 is 2.55 bits per heavy atom. The number of morpholine rings is 1. The van der Waals surface area contributed by atoms with E-state index in [9.17, 15) is 4.79 Å². The average molecular weight is 397 g/mol. The number of carbonyl (C=O) groups is 1. The van der Waals surface area contributed by atoms with Gasteiger partial charge in [-0.1, -0.05) is 18.2 Å². The summed E-state index contributed by atoms with van der Waals surface area (Å²) < 4.78 is 11.1. The van der Waals surface area contributed by atoms with Gasteiger partial charge in [0.05, 0.1) is 13.2 Å². The van der Waals surface area contributed by atoms with Crippen LogP contribution in [0.15, 0.2) is 36.5 Å². The lowest BCUT2D eigenvalue weighted by Crippen LogP contribution is -2.50. The number of anilines is 2. The Morgan fingerprint density at radius 1 is 1.03 bits per heavy atom.